The molecule has 1 heterocycles. The molecule has 0 aliphatic heterocycles. The third kappa shape index (κ3) is 2.92. The second kappa shape index (κ2) is 4.86. The van der Waals surface area contributed by atoms with Crippen molar-refractivity contribution in [2.45, 2.75) is 13.3 Å². The van der Waals surface area contributed by atoms with Crippen molar-refractivity contribution in [3.8, 4) is 0 Å². The summed E-state index contributed by atoms with van der Waals surface area (Å²) in [5.41, 5.74) is 3.26. The third-order valence-corrected chi connectivity index (χ3v) is 2.06. The van der Waals surface area contributed by atoms with Crippen molar-refractivity contribution in [3.05, 3.63) is 30.1 Å². The fourth-order valence-corrected chi connectivity index (χ4v) is 1.17. The predicted octanol–water partition coefficient (Wildman–Crippen LogP) is 1.66. The minimum Gasteiger partial charge on any atom is -0.371 e. The summed E-state index contributed by atoms with van der Waals surface area (Å²) < 4.78 is 0. The highest BCUT2D eigenvalue weighted by molar-refractivity contribution is 5.58. The Morgan fingerprint density at radius 1 is 1.50 bits per heavy atom. The highest BCUT2D eigenvalue weighted by Crippen LogP contribution is 2.09. The van der Waals surface area contributed by atoms with E-state index in [-0.39, 0.29) is 0 Å². The lowest BCUT2D eigenvalue weighted by atomic mass is 10.3. The minimum atomic E-state index is 0.805. The predicted molar refractivity (Wildman–Crippen MR) is 60.9 cm³/mol. The molecule has 0 saturated heterocycles. The Bertz CT molecular complexity index is 299. The first-order valence-electron chi connectivity index (χ1n) is 4.89. The molecule has 1 aromatic heterocycles. The maximum Gasteiger partial charge on any atom is 0.0673 e. The van der Waals surface area contributed by atoms with Gasteiger partial charge in [-0.3, -0.25) is 4.90 Å². The van der Waals surface area contributed by atoms with Crippen LogP contribution in [0.15, 0.2) is 18.7 Å². The van der Waals surface area contributed by atoms with Crippen LogP contribution in [0, 0.1) is 0 Å². The first-order chi connectivity index (χ1) is 6.63. The summed E-state index contributed by atoms with van der Waals surface area (Å²) in [5.74, 6) is 0. The van der Waals surface area contributed by atoms with Gasteiger partial charge in [0.2, 0.25) is 0 Å². The fourth-order valence-electron chi connectivity index (χ4n) is 1.17. The van der Waals surface area contributed by atoms with Crippen LogP contribution in [0.1, 0.15) is 18.3 Å². The molecule has 3 heteroatoms. The topological polar surface area (TPSA) is 31.1 Å². The van der Waals surface area contributed by atoms with Crippen molar-refractivity contribution >= 4 is 5.70 Å². The lowest BCUT2D eigenvalue weighted by molar-refractivity contribution is 0.396. The average molecular weight is 193 g/mol. The molecule has 78 valence electrons. The molecule has 0 radical (unpaired) electrons. The third-order valence-electron chi connectivity index (χ3n) is 2.06. The van der Waals surface area contributed by atoms with Crippen LogP contribution in [0.2, 0.25) is 0 Å². The van der Waals surface area contributed by atoms with E-state index in [2.05, 4.69) is 40.8 Å². The molecule has 0 bridgehead atoms. The van der Waals surface area contributed by atoms with Crippen molar-refractivity contribution in [1.82, 2.24) is 15.2 Å². The van der Waals surface area contributed by atoms with Gasteiger partial charge in [-0.1, -0.05) is 13.5 Å². The number of rotatable bonds is 5. The summed E-state index contributed by atoms with van der Waals surface area (Å²) in [4.78, 5) is 5.37. The van der Waals surface area contributed by atoms with Crippen LogP contribution in [0.25, 0.3) is 5.70 Å². The Balaban J connectivity index is 2.52. The molecule has 3 nitrogen and oxygen atoms in total. The van der Waals surface area contributed by atoms with Gasteiger partial charge in [-0.25, -0.2) is 0 Å². The van der Waals surface area contributed by atoms with Crippen LogP contribution in [-0.4, -0.2) is 30.6 Å². The van der Waals surface area contributed by atoms with Crippen molar-refractivity contribution in [2.75, 3.05) is 20.8 Å². The van der Waals surface area contributed by atoms with Gasteiger partial charge in [0.15, 0.2) is 0 Å². The van der Waals surface area contributed by atoms with Gasteiger partial charge >= 0.3 is 0 Å². The number of hydrogen-bond donors (Lipinski definition) is 2. The molecule has 0 aliphatic rings. The molecule has 0 saturated carbocycles. The molecule has 1 rings (SSSR count). The molecule has 0 amide bonds. The normalized spacial score (nSPS) is 10.6. The van der Waals surface area contributed by atoms with Crippen LogP contribution in [-0.2, 0) is 6.42 Å². The minimum absolute atomic E-state index is 0.805. The zero-order chi connectivity index (χ0) is 10.6. The van der Waals surface area contributed by atoms with E-state index in [1.807, 2.05) is 14.1 Å². The highest BCUT2D eigenvalue weighted by atomic mass is 15.2. The first kappa shape index (κ1) is 10.9. The lowest BCUT2D eigenvalue weighted by Crippen LogP contribution is -2.26. The van der Waals surface area contributed by atoms with Crippen molar-refractivity contribution in [3.63, 3.8) is 0 Å². The second-order valence-corrected chi connectivity index (χ2v) is 3.64. The summed E-state index contributed by atoms with van der Waals surface area (Å²) in [6.07, 6.45) is 1.03. The molecule has 0 unspecified atom stereocenters. The van der Waals surface area contributed by atoms with E-state index in [0.717, 1.165) is 24.5 Å². The molecule has 0 aliphatic carbocycles. The van der Waals surface area contributed by atoms with Gasteiger partial charge in [-0.2, -0.15) is 0 Å². The molecular weight excluding hydrogens is 174 g/mol. The van der Waals surface area contributed by atoms with Gasteiger partial charge in [-0.05, 0) is 32.6 Å². The summed E-state index contributed by atoms with van der Waals surface area (Å²) in [6.45, 7) is 6.91. The first-order valence-corrected chi connectivity index (χ1v) is 4.89. The van der Waals surface area contributed by atoms with Gasteiger partial charge < -0.3 is 10.3 Å². The molecule has 1 aromatic rings. The zero-order valence-electron chi connectivity index (χ0n) is 9.22. The van der Waals surface area contributed by atoms with Crippen molar-refractivity contribution in [1.29, 1.82) is 0 Å². The zero-order valence-corrected chi connectivity index (χ0v) is 9.22. The summed E-state index contributed by atoms with van der Waals surface area (Å²) >= 11 is 0. The maximum atomic E-state index is 3.98. The fraction of sp³-hybridized carbons (Fsp3) is 0.455. The van der Waals surface area contributed by atoms with Gasteiger partial charge in [0.05, 0.1) is 18.1 Å². The van der Waals surface area contributed by atoms with Crippen LogP contribution >= 0.6 is 0 Å². The smallest absolute Gasteiger partial charge is 0.0673 e. The Morgan fingerprint density at radius 3 is 2.71 bits per heavy atom. The molecule has 0 spiro atoms. The summed E-state index contributed by atoms with van der Waals surface area (Å²) in [5, 5.41) is 3.24. The van der Waals surface area contributed by atoms with Crippen LogP contribution < -0.4 is 5.32 Å². The standard InChI is InChI=1S/C11H19N3/c1-5-10-6-7-11(13-10)9(2)12-8-14(3)4/h6-7,12-13H,2,5,8H2,1,3-4H3. The van der Waals surface area contributed by atoms with Crippen LogP contribution in [0.4, 0.5) is 0 Å². The Hall–Kier alpha value is -1.22. The van der Waals surface area contributed by atoms with Crippen molar-refractivity contribution in [2.24, 2.45) is 0 Å². The monoisotopic (exact) mass is 193 g/mol. The quantitative estimate of drug-likeness (QED) is 0.697. The number of nitrogens with one attached hydrogen (secondary N) is 2. The molecule has 0 atom stereocenters. The average Bonchev–Trinajstić information content (AvgIpc) is 2.62. The maximum absolute atomic E-state index is 3.98. The van der Waals surface area contributed by atoms with E-state index in [1.54, 1.807) is 0 Å². The van der Waals surface area contributed by atoms with E-state index >= 15 is 0 Å². The van der Waals surface area contributed by atoms with E-state index in [9.17, 15) is 0 Å². The van der Waals surface area contributed by atoms with Gasteiger partial charge in [-0.15, -0.1) is 0 Å². The number of hydrogen-bond acceptors (Lipinski definition) is 2. The van der Waals surface area contributed by atoms with E-state index in [0.29, 0.717) is 0 Å². The molecule has 14 heavy (non-hydrogen) atoms. The Kier molecular flexibility index (Phi) is 3.77. The summed E-state index contributed by atoms with van der Waals surface area (Å²) in [7, 11) is 4.04. The molecule has 0 fully saturated rings. The van der Waals surface area contributed by atoms with Crippen LogP contribution in [0.5, 0.6) is 0 Å². The van der Waals surface area contributed by atoms with Gasteiger partial charge in [0.25, 0.3) is 0 Å². The van der Waals surface area contributed by atoms with E-state index in [4.69, 9.17) is 0 Å². The van der Waals surface area contributed by atoms with Crippen LogP contribution in [0.3, 0.4) is 0 Å². The number of aromatic amines is 1. The number of aromatic nitrogens is 1. The SMILES string of the molecule is C=C(NCN(C)C)c1ccc(CC)[nH]1. The Labute approximate surface area is 85.8 Å². The second-order valence-electron chi connectivity index (χ2n) is 3.64. The van der Waals surface area contributed by atoms with E-state index < -0.39 is 0 Å². The number of aryl methyl sites for hydroxylation is 1. The molecule has 2 N–H and O–H groups in total. The molecule has 0 aromatic carbocycles. The molecular formula is C11H19N3. The van der Waals surface area contributed by atoms with Crippen molar-refractivity contribution < 1.29 is 0 Å². The van der Waals surface area contributed by atoms with E-state index in [1.165, 1.54) is 5.69 Å². The van der Waals surface area contributed by atoms with Gasteiger partial charge in [0, 0.05) is 5.69 Å². The lowest BCUT2D eigenvalue weighted by Gasteiger charge is -2.13. The Morgan fingerprint density at radius 2 is 2.21 bits per heavy atom. The van der Waals surface area contributed by atoms with Gasteiger partial charge in [0.1, 0.15) is 0 Å². The number of nitrogens with zero attached hydrogens (tertiary/aromatic N) is 1. The summed E-state index contributed by atoms with van der Waals surface area (Å²) in [6, 6.07) is 4.15. The number of H-pyrrole nitrogens is 1. The largest absolute Gasteiger partial charge is 0.371 e. The highest BCUT2D eigenvalue weighted by Gasteiger charge is 2.00.